The summed E-state index contributed by atoms with van der Waals surface area (Å²) in [5, 5.41) is 0. The van der Waals surface area contributed by atoms with E-state index in [-0.39, 0.29) is 5.60 Å². The van der Waals surface area contributed by atoms with E-state index in [1.807, 2.05) is 20.8 Å². The summed E-state index contributed by atoms with van der Waals surface area (Å²) in [4.78, 5) is 0. The minimum absolute atomic E-state index is 0.364. The van der Waals surface area contributed by atoms with Gasteiger partial charge in [0, 0.05) is 10.7 Å². The molecule has 1 heterocycles. The number of hydrogen-bond donors (Lipinski definition) is 1. The standard InChI is InChI=1S/C6H12ClNO4S/c1-6(2,3)12-5-4(11-5)8-13(7,9)10/h4-5,8H,1-3H3. The molecule has 2 unspecified atom stereocenters. The SMILES string of the molecule is CC(C)(C)OC1OC1NS(=O)(=O)Cl. The minimum atomic E-state index is -3.73. The fourth-order valence-corrected chi connectivity index (χ4v) is 1.47. The lowest BCUT2D eigenvalue weighted by Gasteiger charge is -2.17. The van der Waals surface area contributed by atoms with Crippen molar-refractivity contribution >= 4 is 19.9 Å². The molecule has 0 aromatic rings. The van der Waals surface area contributed by atoms with Gasteiger partial charge < -0.3 is 9.47 Å². The molecule has 0 bridgehead atoms. The van der Waals surface area contributed by atoms with Gasteiger partial charge in [-0.3, -0.25) is 0 Å². The van der Waals surface area contributed by atoms with Crippen molar-refractivity contribution < 1.29 is 17.9 Å². The zero-order chi connectivity index (χ0) is 10.3. The highest BCUT2D eigenvalue weighted by Crippen LogP contribution is 2.26. The zero-order valence-corrected chi connectivity index (χ0v) is 9.15. The Balaban J connectivity index is 2.32. The van der Waals surface area contributed by atoms with Crippen LogP contribution in [0.4, 0.5) is 0 Å². The molecule has 1 N–H and O–H groups in total. The highest BCUT2D eigenvalue weighted by molar-refractivity contribution is 8.12. The third kappa shape index (κ3) is 4.78. The van der Waals surface area contributed by atoms with Crippen LogP contribution >= 0.6 is 10.7 Å². The van der Waals surface area contributed by atoms with Crippen LogP contribution in [0.5, 0.6) is 0 Å². The number of ether oxygens (including phenoxy) is 2. The van der Waals surface area contributed by atoms with Crippen LogP contribution in [-0.2, 0) is 18.7 Å². The molecule has 0 spiro atoms. The first kappa shape index (κ1) is 11.2. The summed E-state index contributed by atoms with van der Waals surface area (Å²) in [6.07, 6.45) is -1.18. The van der Waals surface area contributed by atoms with E-state index in [2.05, 4.69) is 4.72 Å². The second kappa shape index (κ2) is 3.36. The Labute approximate surface area is 81.9 Å². The molecular formula is C6H12ClNO4S. The average Bonchev–Trinajstić information content (AvgIpc) is 2.36. The van der Waals surface area contributed by atoms with Crippen LogP contribution < -0.4 is 4.72 Å². The Morgan fingerprint density at radius 3 is 2.38 bits per heavy atom. The third-order valence-corrected chi connectivity index (χ3v) is 1.96. The van der Waals surface area contributed by atoms with Crippen LogP contribution in [0.2, 0.25) is 0 Å². The maximum absolute atomic E-state index is 10.5. The van der Waals surface area contributed by atoms with Crippen molar-refractivity contribution in [3.05, 3.63) is 0 Å². The fraction of sp³-hybridized carbons (Fsp3) is 1.00. The van der Waals surface area contributed by atoms with Crippen LogP contribution in [0.15, 0.2) is 0 Å². The average molecular weight is 230 g/mol. The van der Waals surface area contributed by atoms with E-state index in [0.717, 1.165) is 0 Å². The molecule has 1 aliphatic heterocycles. The molecule has 2 atom stereocenters. The summed E-state index contributed by atoms with van der Waals surface area (Å²) in [6, 6.07) is 0. The lowest BCUT2D eigenvalue weighted by Crippen LogP contribution is -2.28. The van der Waals surface area contributed by atoms with E-state index in [1.165, 1.54) is 0 Å². The normalized spacial score (nSPS) is 28.9. The zero-order valence-electron chi connectivity index (χ0n) is 7.57. The highest BCUT2D eigenvalue weighted by atomic mass is 35.7. The summed E-state index contributed by atoms with van der Waals surface area (Å²) in [5.41, 5.74) is -0.364. The van der Waals surface area contributed by atoms with Gasteiger partial charge in [0.1, 0.15) is 0 Å². The summed E-state index contributed by atoms with van der Waals surface area (Å²) < 4.78 is 33.3. The van der Waals surface area contributed by atoms with Gasteiger partial charge in [-0.1, -0.05) is 0 Å². The van der Waals surface area contributed by atoms with E-state index in [9.17, 15) is 8.42 Å². The van der Waals surface area contributed by atoms with Crippen LogP contribution in [-0.4, -0.2) is 26.5 Å². The molecule has 0 saturated carbocycles. The van der Waals surface area contributed by atoms with Crippen molar-refractivity contribution in [2.75, 3.05) is 0 Å². The van der Waals surface area contributed by atoms with Gasteiger partial charge in [-0.05, 0) is 20.8 Å². The topological polar surface area (TPSA) is 67.9 Å². The second-order valence-electron chi connectivity index (χ2n) is 3.71. The van der Waals surface area contributed by atoms with Crippen LogP contribution in [0.25, 0.3) is 0 Å². The first-order chi connectivity index (χ1) is 5.67. The Hall–Kier alpha value is 0.120. The summed E-state index contributed by atoms with van der Waals surface area (Å²) in [6.45, 7) is 5.54. The smallest absolute Gasteiger partial charge is 0.299 e. The van der Waals surface area contributed by atoms with Gasteiger partial charge in [-0.25, -0.2) is 0 Å². The lowest BCUT2D eigenvalue weighted by atomic mass is 10.2. The molecule has 0 aliphatic carbocycles. The molecule has 7 heteroatoms. The largest absolute Gasteiger partial charge is 0.343 e. The van der Waals surface area contributed by atoms with E-state index in [1.54, 1.807) is 0 Å². The Morgan fingerprint density at radius 1 is 1.46 bits per heavy atom. The predicted octanol–water partition coefficient (Wildman–Crippen LogP) is 0.557. The summed E-state index contributed by atoms with van der Waals surface area (Å²) in [5.74, 6) is 0. The molecule has 1 fully saturated rings. The number of halogens is 1. The first-order valence-corrected chi connectivity index (χ1v) is 6.03. The molecule has 13 heavy (non-hydrogen) atoms. The van der Waals surface area contributed by atoms with Crippen LogP contribution in [0, 0.1) is 0 Å². The number of rotatable bonds is 3. The molecule has 78 valence electrons. The highest BCUT2D eigenvalue weighted by Gasteiger charge is 2.44. The lowest BCUT2D eigenvalue weighted by molar-refractivity contribution is -0.0570. The van der Waals surface area contributed by atoms with Crippen molar-refractivity contribution in [2.24, 2.45) is 0 Å². The van der Waals surface area contributed by atoms with Crippen LogP contribution in [0.1, 0.15) is 20.8 Å². The minimum Gasteiger partial charge on any atom is -0.343 e. The maximum Gasteiger partial charge on any atom is 0.299 e. The summed E-state index contributed by atoms with van der Waals surface area (Å²) in [7, 11) is 1.20. The van der Waals surface area contributed by atoms with E-state index < -0.39 is 21.8 Å². The molecule has 1 saturated heterocycles. The third-order valence-electron chi connectivity index (χ3n) is 1.18. The maximum atomic E-state index is 10.5. The Bertz CT molecular complexity index is 283. The molecule has 0 radical (unpaired) electrons. The number of epoxide rings is 1. The van der Waals surface area contributed by atoms with Crippen molar-refractivity contribution in [1.82, 2.24) is 4.72 Å². The molecule has 5 nitrogen and oxygen atoms in total. The van der Waals surface area contributed by atoms with E-state index in [0.29, 0.717) is 0 Å². The van der Waals surface area contributed by atoms with Crippen molar-refractivity contribution in [2.45, 2.75) is 38.9 Å². The summed E-state index contributed by atoms with van der Waals surface area (Å²) >= 11 is 0. The second-order valence-corrected chi connectivity index (χ2v) is 6.04. The van der Waals surface area contributed by atoms with Gasteiger partial charge in [-0.2, -0.15) is 13.1 Å². The van der Waals surface area contributed by atoms with Gasteiger partial charge in [0.15, 0.2) is 6.23 Å². The molecule has 1 aliphatic rings. The van der Waals surface area contributed by atoms with Gasteiger partial charge >= 0.3 is 0 Å². The quantitative estimate of drug-likeness (QED) is 0.567. The van der Waals surface area contributed by atoms with Gasteiger partial charge in [0.25, 0.3) is 9.24 Å². The van der Waals surface area contributed by atoms with E-state index >= 15 is 0 Å². The van der Waals surface area contributed by atoms with Crippen molar-refractivity contribution in [1.29, 1.82) is 0 Å². The van der Waals surface area contributed by atoms with Gasteiger partial charge in [-0.15, -0.1) is 0 Å². The van der Waals surface area contributed by atoms with E-state index in [4.69, 9.17) is 20.2 Å². The Kier molecular flexibility index (Phi) is 2.89. The molecular weight excluding hydrogens is 218 g/mol. The Morgan fingerprint density at radius 2 is 2.00 bits per heavy atom. The molecule has 0 aromatic carbocycles. The fourth-order valence-electron chi connectivity index (χ4n) is 0.759. The monoisotopic (exact) mass is 229 g/mol. The molecule has 0 aromatic heterocycles. The van der Waals surface area contributed by atoms with Gasteiger partial charge in [0.05, 0.1) is 5.60 Å². The number of nitrogens with one attached hydrogen (secondary N) is 1. The van der Waals surface area contributed by atoms with Crippen LogP contribution in [0.3, 0.4) is 0 Å². The predicted molar refractivity (Wildman–Crippen MR) is 47.4 cm³/mol. The first-order valence-electron chi connectivity index (χ1n) is 3.73. The molecule has 0 amide bonds. The molecule has 1 rings (SSSR count). The van der Waals surface area contributed by atoms with Crippen molar-refractivity contribution in [3.8, 4) is 0 Å². The van der Waals surface area contributed by atoms with Crippen molar-refractivity contribution in [3.63, 3.8) is 0 Å². The number of hydrogen-bond acceptors (Lipinski definition) is 4. The van der Waals surface area contributed by atoms with Gasteiger partial charge in [0.2, 0.25) is 6.29 Å².